The first kappa shape index (κ1) is 12.9. The van der Waals surface area contributed by atoms with Gasteiger partial charge in [-0.05, 0) is 26.8 Å². The third-order valence-corrected chi connectivity index (χ3v) is 2.54. The van der Waals surface area contributed by atoms with Crippen molar-refractivity contribution < 1.29 is 0 Å². The van der Waals surface area contributed by atoms with Crippen molar-refractivity contribution in [3.8, 4) is 0 Å². The van der Waals surface area contributed by atoms with E-state index in [9.17, 15) is 0 Å². The Hall–Kier alpha value is -1.16. The molecule has 0 fully saturated rings. The van der Waals surface area contributed by atoms with Crippen LogP contribution in [0, 0.1) is 0 Å². The van der Waals surface area contributed by atoms with E-state index in [1.54, 1.807) is 0 Å². The Morgan fingerprint density at radius 2 is 1.94 bits per heavy atom. The maximum absolute atomic E-state index is 4.35. The predicted octanol–water partition coefficient (Wildman–Crippen LogP) is 1.82. The highest BCUT2D eigenvalue weighted by Gasteiger charge is 2.07. The first-order valence-electron chi connectivity index (χ1n) is 5.89. The lowest BCUT2D eigenvalue weighted by atomic mass is 10.3. The molecule has 4 nitrogen and oxygen atoms in total. The SMILES string of the molecule is CCCNCc1cnc(N(C)C(C)C)nc1. The van der Waals surface area contributed by atoms with Gasteiger partial charge in [0.25, 0.3) is 0 Å². The summed E-state index contributed by atoms with van der Waals surface area (Å²) in [4.78, 5) is 10.8. The molecule has 0 spiro atoms. The quantitative estimate of drug-likeness (QED) is 0.745. The second-order valence-corrected chi connectivity index (χ2v) is 4.27. The summed E-state index contributed by atoms with van der Waals surface area (Å²) in [7, 11) is 2.01. The normalized spacial score (nSPS) is 10.8. The molecule has 0 radical (unpaired) electrons. The minimum absolute atomic E-state index is 0.420. The van der Waals surface area contributed by atoms with Crippen molar-refractivity contribution in [3.63, 3.8) is 0 Å². The third kappa shape index (κ3) is 3.77. The summed E-state index contributed by atoms with van der Waals surface area (Å²) < 4.78 is 0. The minimum atomic E-state index is 0.420. The van der Waals surface area contributed by atoms with Crippen LogP contribution >= 0.6 is 0 Å². The van der Waals surface area contributed by atoms with Gasteiger partial charge in [-0.3, -0.25) is 0 Å². The molecule has 0 bridgehead atoms. The summed E-state index contributed by atoms with van der Waals surface area (Å²) in [6, 6.07) is 0.420. The van der Waals surface area contributed by atoms with Gasteiger partial charge < -0.3 is 10.2 Å². The molecule has 1 heterocycles. The van der Waals surface area contributed by atoms with Crippen LogP contribution in [-0.2, 0) is 6.54 Å². The minimum Gasteiger partial charge on any atom is -0.341 e. The molecule has 0 saturated heterocycles. The molecule has 0 atom stereocenters. The van der Waals surface area contributed by atoms with E-state index in [-0.39, 0.29) is 0 Å². The van der Waals surface area contributed by atoms with E-state index in [2.05, 4.69) is 41.0 Å². The first-order chi connectivity index (χ1) is 7.65. The van der Waals surface area contributed by atoms with Crippen LogP contribution in [0.25, 0.3) is 0 Å². The molecule has 0 saturated carbocycles. The van der Waals surface area contributed by atoms with Gasteiger partial charge in [-0.15, -0.1) is 0 Å². The van der Waals surface area contributed by atoms with Crippen molar-refractivity contribution in [1.82, 2.24) is 15.3 Å². The predicted molar refractivity (Wildman–Crippen MR) is 67.6 cm³/mol. The summed E-state index contributed by atoms with van der Waals surface area (Å²) in [5.74, 6) is 0.786. The monoisotopic (exact) mass is 222 g/mol. The van der Waals surface area contributed by atoms with Crippen LogP contribution in [0.5, 0.6) is 0 Å². The second-order valence-electron chi connectivity index (χ2n) is 4.27. The fraction of sp³-hybridized carbons (Fsp3) is 0.667. The molecule has 0 aliphatic heterocycles. The van der Waals surface area contributed by atoms with Crippen LogP contribution in [0.15, 0.2) is 12.4 Å². The standard InChI is InChI=1S/C12H22N4/c1-5-6-13-7-11-8-14-12(15-9-11)16(4)10(2)3/h8-10,13H,5-7H2,1-4H3. The van der Waals surface area contributed by atoms with Gasteiger partial charge in [0.05, 0.1) is 0 Å². The van der Waals surface area contributed by atoms with Gasteiger partial charge in [-0.2, -0.15) is 0 Å². The van der Waals surface area contributed by atoms with Crippen LogP contribution in [-0.4, -0.2) is 29.6 Å². The van der Waals surface area contributed by atoms with Gasteiger partial charge in [-0.25, -0.2) is 9.97 Å². The van der Waals surface area contributed by atoms with Crippen LogP contribution in [0.2, 0.25) is 0 Å². The van der Waals surface area contributed by atoms with Gasteiger partial charge in [0, 0.05) is 37.6 Å². The molecule has 1 rings (SSSR count). The fourth-order valence-electron chi connectivity index (χ4n) is 1.26. The van der Waals surface area contributed by atoms with E-state index in [0.29, 0.717) is 6.04 Å². The molecule has 0 amide bonds. The molecule has 0 aliphatic carbocycles. The Kier molecular flexibility index (Phi) is 5.19. The lowest BCUT2D eigenvalue weighted by Crippen LogP contribution is -2.27. The smallest absolute Gasteiger partial charge is 0.225 e. The van der Waals surface area contributed by atoms with E-state index in [4.69, 9.17) is 0 Å². The van der Waals surface area contributed by atoms with Crippen molar-refractivity contribution in [2.45, 2.75) is 39.8 Å². The van der Waals surface area contributed by atoms with Gasteiger partial charge in [-0.1, -0.05) is 6.92 Å². The Labute approximate surface area is 98.1 Å². The van der Waals surface area contributed by atoms with E-state index in [1.165, 1.54) is 0 Å². The number of nitrogens with one attached hydrogen (secondary N) is 1. The van der Waals surface area contributed by atoms with Crippen LogP contribution in [0.4, 0.5) is 5.95 Å². The average molecular weight is 222 g/mol. The average Bonchev–Trinajstić information content (AvgIpc) is 2.29. The number of hydrogen-bond donors (Lipinski definition) is 1. The topological polar surface area (TPSA) is 41.1 Å². The van der Waals surface area contributed by atoms with Crippen molar-refractivity contribution >= 4 is 5.95 Å². The Balaban J connectivity index is 2.54. The van der Waals surface area contributed by atoms with Crippen molar-refractivity contribution in [2.75, 3.05) is 18.5 Å². The Bertz CT molecular complexity index is 294. The highest BCUT2D eigenvalue weighted by Crippen LogP contribution is 2.07. The van der Waals surface area contributed by atoms with Gasteiger partial charge in [0.15, 0.2) is 0 Å². The summed E-state index contributed by atoms with van der Waals surface area (Å²) >= 11 is 0. The van der Waals surface area contributed by atoms with Crippen LogP contribution in [0.1, 0.15) is 32.8 Å². The largest absolute Gasteiger partial charge is 0.341 e. The molecular formula is C12H22N4. The summed E-state index contributed by atoms with van der Waals surface area (Å²) in [5, 5.41) is 3.33. The molecule has 16 heavy (non-hydrogen) atoms. The molecule has 4 heteroatoms. The molecular weight excluding hydrogens is 200 g/mol. The molecule has 0 aliphatic rings. The van der Waals surface area contributed by atoms with Crippen molar-refractivity contribution in [2.24, 2.45) is 0 Å². The first-order valence-corrected chi connectivity index (χ1v) is 5.89. The van der Waals surface area contributed by atoms with E-state index in [1.807, 2.05) is 19.4 Å². The molecule has 0 aromatic carbocycles. The van der Waals surface area contributed by atoms with E-state index >= 15 is 0 Å². The number of hydrogen-bond acceptors (Lipinski definition) is 4. The highest BCUT2D eigenvalue weighted by molar-refractivity contribution is 5.29. The molecule has 90 valence electrons. The van der Waals surface area contributed by atoms with Gasteiger partial charge >= 0.3 is 0 Å². The zero-order chi connectivity index (χ0) is 12.0. The van der Waals surface area contributed by atoms with Gasteiger partial charge in [0.1, 0.15) is 0 Å². The molecule has 1 aromatic heterocycles. The fourth-order valence-corrected chi connectivity index (χ4v) is 1.26. The van der Waals surface area contributed by atoms with Crippen LogP contribution in [0.3, 0.4) is 0 Å². The lowest BCUT2D eigenvalue weighted by Gasteiger charge is -2.21. The van der Waals surface area contributed by atoms with Gasteiger partial charge in [0.2, 0.25) is 5.95 Å². The molecule has 0 unspecified atom stereocenters. The van der Waals surface area contributed by atoms with Crippen molar-refractivity contribution in [1.29, 1.82) is 0 Å². The number of nitrogens with zero attached hydrogens (tertiary/aromatic N) is 3. The summed E-state index contributed by atoms with van der Waals surface area (Å²) in [6.07, 6.45) is 4.93. The number of rotatable bonds is 6. The molecule has 1 aromatic rings. The highest BCUT2D eigenvalue weighted by atomic mass is 15.2. The summed E-state index contributed by atoms with van der Waals surface area (Å²) in [6.45, 7) is 8.29. The second kappa shape index (κ2) is 6.43. The maximum Gasteiger partial charge on any atom is 0.225 e. The zero-order valence-corrected chi connectivity index (χ0v) is 10.7. The van der Waals surface area contributed by atoms with E-state index < -0.39 is 0 Å². The Morgan fingerprint density at radius 1 is 1.31 bits per heavy atom. The summed E-state index contributed by atoms with van der Waals surface area (Å²) in [5.41, 5.74) is 1.13. The number of anilines is 1. The van der Waals surface area contributed by atoms with Crippen LogP contribution < -0.4 is 10.2 Å². The maximum atomic E-state index is 4.35. The lowest BCUT2D eigenvalue weighted by molar-refractivity contribution is 0.669. The third-order valence-electron chi connectivity index (χ3n) is 2.54. The Morgan fingerprint density at radius 3 is 2.44 bits per heavy atom. The van der Waals surface area contributed by atoms with Crippen molar-refractivity contribution in [3.05, 3.63) is 18.0 Å². The molecule has 1 N–H and O–H groups in total. The zero-order valence-electron chi connectivity index (χ0n) is 10.7. The van der Waals surface area contributed by atoms with E-state index in [0.717, 1.165) is 31.0 Å². The number of aromatic nitrogens is 2.